The molecule has 4 fully saturated rings. The van der Waals surface area contributed by atoms with Crippen molar-refractivity contribution in [3.8, 4) is 0 Å². The lowest BCUT2D eigenvalue weighted by atomic mass is 9.61. The standard InChI is InChI=1S/C22H26O6/c1-11-9-21-10-13(11)5-6-14(21)22-8-7-15(27-12(2)23)20(3,19(25)28-22)17(22)16(21)18(24)26-4/h7-8,13-17H,1,5-6,9-10H2,2-4H3/t13-,14-,15+,16-,17-,20-,21+,22-/m1/s1. The Kier molecular flexibility index (Phi) is 3.38. The van der Waals surface area contributed by atoms with Gasteiger partial charge in [-0.3, -0.25) is 14.4 Å². The average Bonchev–Trinajstić information content (AvgIpc) is 3.10. The maximum absolute atomic E-state index is 13.2. The van der Waals surface area contributed by atoms with Crippen molar-refractivity contribution in [2.75, 3.05) is 7.11 Å². The topological polar surface area (TPSA) is 78.9 Å². The van der Waals surface area contributed by atoms with Crippen molar-refractivity contribution < 1.29 is 28.6 Å². The normalized spacial score (nSPS) is 50.0. The third-order valence-electron chi connectivity index (χ3n) is 8.47. The van der Waals surface area contributed by atoms with E-state index in [1.54, 1.807) is 13.0 Å². The quantitative estimate of drug-likeness (QED) is 0.412. The second-order valence-corrected chi connectivity index (χ2v) is 9.49. The Hall–Kier alpha value is -2.11. The van der Waals surface area contributed by atoms with Crippen LogP contribution in [0.5, 0.6) is 0 Å². The van der Waals surface area contributed by atoms with Crippen LogP contribution in [0.15, 0.2) is 24.3 Å². The highest BCUT2D eigenvalue weighted by molar-refractivity contribution is 5.87. The second-order valence-electron chi connectivity index (χ2n) is 9.49. The van der Waals surface area contributed by atoms with Crippen LogP contribution in [0.1, 0.15) is 39.5 Å². The molecule has 0 N–H and O–H groups in total. The van der Waals surface area contributed by atoms with Gasteiger partial charge in [0, 0.05) is 18.8 Å². The van der Waals surface area contributed by atoms with Gasteiger partial charge in [-0.25, -0.2) is 0 Å². The van der Waals surface area contributed by atoms with E-state index in [4.69, 9.17) is 14.2 Å². The average molecular weight is 386 g/mol. The molecule has 0 amide bonds. The van der Waals surface area contributed by atoms with E-state index in [1.807, 2.05) is 6.08 Å². The van der Waals surface area contributed by atoms with E-state index in [2.05, 4.69) is 6.58 Å². The third kappa shape index (κ3) is 1.78. The van der Waals surface area contributed by atoms with Crippen LogP contribution in [0.25, 0.3) is 0 Å². The van der Waals surface area contributed by atoms with Crippen LogP contribution in [-0.4, -0.2) is 36.7 Å². The fraction of sp³-hybridized carbons (Fsp3) is 0.682. The fourth-order valence-corrected chi connectivity index (χ4v) is 7.58. The Morgan fingerprint density at radius 2 is 2.07 bits per heavy atom. The van der Waals surface area contributed by atoms with Crippen LogP contribution >= 0.6 is 0 Å². The van der Waals surface area contributed by atoms with Gasteiger partial charge in [0.25, 0.3) is 0 Å². The molecule has 1 heterocycles. The number of rotatable bonds is 2. The summed E-state index contributed by atoms with van der Waals surface area (Å²) in [6.07, 6.45) is 6.50. The predicted molar refractivity (Wildman–Crippen MR) is 97.6 cm³/mol. The zero-order valence-corrected chi connectivity index (χ0v) is 16.5. The molecule has 0 unspecified atom stereocenters. The molecule has 0 radical (unpaired) electrons. The molecule has 0 aromatic heterocycles. The summed E-state index contributed by atoms with van der Waals surface area (Å²) in [5, 5.41) is 0. The Balaban J connectivity index is 1.72. The summed E-state index contributed by atoms with van der Waals surface area (Å²) in [5.41, 5.74) is -1.06. The van der Waals surface area contributed by atoms with Crippen molar-refractivity contribution in [1.29, 1.82) is 0 Å². The first-order valence-corrected chi connectivity index (χ1v) is 10.1. The summed E-state index contributed by atoms with van der Waals surface area (Å²) in [6.45, 7) is 7.40. The maximum atomic E-state index is 13.2. The minimum Gasteiger partial charge on any atom is -0.469 e. The number of methoxy groups -OCH3 is 1. The van der Waals surface area contributed by atoms with Gasteiger partial charge in [-0.05, 0) is 56.1 Å². The van der Waals surface area contributed by atoms with Gasteiger partial charge < -0.3 is 14.2 Å². The lowest BCUT2D eigenvalue weighted by Gasteiger charge is -2.42. The van der Waals surface area contributed by atoms with E-state index >= 15 is 0 Å². The zero-order chi connectivity index (χ0) is 20.1. The van der Waals surface area contributed by atoms with Gasteiger partial charge in [-0.2, -0.15) is 0 Å². The van der Waals surface area contributed by atoms with E-state index in [1.165, 1.54) is 19.6 Å². The van der Waals surface area contributed by atoms with Crippen LogP contribution in [0.2, 0.25) is 0 Å². The summed E-state index contributed by atoms with van der Waals surface area (Å²) in [5.74, 6) is -1.58. The summed E-state index contributed by atoms with van der Waals surface area (Å²) in [4.78, 5) is 38.0. The van der Waals surface area contributed by atoms with Gasteiger partial charge in [-0.15, -0.1) is 0 Å². The van der Waals surface area contributed by atoms with Crippen molar-refractivity contribution in [2.24, 2.45) is 34.5 Å². The fourth-order valence-electron chi connectivity index (χ4n) is 7.58. The molecular formula is C22H26O6. The zero-order valence-electron chi connectivity index (χ0n) is 16.5. The van der Waals surface area contributed by atoms with E-state index < -0.39 is 40.9 Å². The molecule has 3 saturated carbocycles. The summed E-state index contributed by atoms with van der Waals surface area (Å²) < 4.78 is 16.9. The number of ether oxygens (including phenoxy) is 3. The van der Waals surface area contributed by atoms with Crippen LogP contribution in [0, 0.1) is 34.5 Å². The number of esters is 3. The number of hydrogen-bond donors (Lipinski definition) is 0. The Morgan fingerprint density at radius 3 is 2.75 bits per heavy atom. The van der Waals surface area contributed by atoms with Gasteiger partial charge in [0.15, 0.2) is 0 Å². The number of carbonyl (C=O) groups is 3. The minimum absolute atomic E-state index is 0.0462. The highest BCUT2D eigenvalue weighted by Crippen LogP contribution is 2.77. The molecule has 0 aromatic carbocycles. The summed E-state index contributed by atoms with van der Waals surface area (Å²) in [7, 11) is 1.40. The van der Waals surface area contributed by atoms with E-state index in [9.17, 15) is 14.4 Å². The SMILES string of the molecule is C=C1C[C@]23C[C@H]1CC[C@H]2[C@@]12C=C[C@H](OC(C)=O)[C@@](C)(C(=O)O1)[C@H]2[C@@H]3C(=O)OC. The Bertz CT molecular complexity index is 844. The van der Waals surface area contributed by atoms with Crippen LogP contribution < -0.4 is 0 Å². The molecule has 4 bridgehead atoms. The molecule has 5 rings (SSSR count). The van der Waals surface area contributed by atoms with E-state index in [0.29, 0.717) is 5.92 Å². The van der Waals surface area contributed by atoms with E-state index in [-0.39, 0.29) is 17.3 Å². The van der Waals surface area contributed by atoms with Gasteiger partial charge in [-0.1, -0.05) is 12.2 Å². The molecule has 8 atom stereocenters. The van der Waals surface area contributed by atoms with Crippen molar-refractivity contribution in [2.45, 2.75) is 51.2 Å². The lowest BCUT2D eigenvalue weighted by Crippen LogP contribution is -2.52. The van der Waals surface area contributed by atoms with Gasteiger partial charge in [0.1, 0.15) is 17.1 Å². The molecule has 4 aliphatic carbocycles. The molecule has 6 heteroatoms. The van der Waals surface area contributed by atoms with Crippen molar-refractivity contribution in [3.05, 3.63) is 24.3 Å². The van der Waals surface area contributed by atoms with Gasteiger partial charge >= 0.3 is 17.9 Å². The van der Waals surface area contributed by atoms with Crippen LogP contribution in [0.4, 0.5) is 0 Å². The predicted octanol–water partition coefficient (Wildman–Crippen LogP) is 2.57. The summed E-state index contributed by atoms with van der Waals surface area (Å²) >= 11 is 0. The molecule has 28 heavy (non-hydrogen) atoms. The first kappa shape index (κ1) is 18.0. The molecule has 1 aliphatic heterocycles. The van der Waals surface area contributed by atoms with E-state index in [0.717, 1.165) is 25.7 Å². The first-order chi connectivity index (χ1) is 13.2. The minimum atomic E-state index is -1.11. The highest BCUT2D eigenvalue weighted by atomic mass is 16.6. The van der Waals surface area contributed by atoms with Gasteiger partial charge in [0.2, 0.25) is 0 Å². The van der Waals surface area contributed by atoms with Crippen LogP contribution in [0.3, 0.4) is 0 Å². The number of allylic oxidation sites excluding steroid dienone is 1. The summed E-state index contributed by atoms with van der Waals surface area (Å²) in [6, 6.07) is 0. The second kappa shape index (κ2) is 5.28. The largest absolute Gasteiger partial charge is 0.469 e. The Labute approximate surface area is 164 Å². The van der Waals surface area contributed by atoms with Crippen molar-refractivity contribution >= 4 is 17.9 Å². The maximum Gasteiger partial charge on any atom is 0.317 e. The molecule has 150 valence electrons. The van der Waals surface area contributed by atoms with Crippen LogP contribution in [-0.2, 0) is 28.6 Å². The van der Waals surface area contributed by atoms with Crippen molar-refractivity contribution in [3.63, 3.8) is 0 Å². The lowest BCUT2D eigenvalue weighted by molar-refractivity contribution is -0.167. The smallest absolute Gasteiger partial charge is 0.317 e. The number of carbonyl (C=O) groups excluding carboxylic acids is 3. The molecule has 1 saturated heterocycles. The third-order valence-corrected chi connectivity index (χ3v) is 8.47. The number of fused-ring (bicyclic) bond motifs is 1. The molecule has 6 nitrogen and oxygen atoms in total. The molecule has 5 aliphatic rings. The van der Waals surface area contributed by atoms with Gasteiger partial charge in [0.05, 0.1) is 13.0 Å². The highest BCUT2D eigenvalue weighted by Gasteiger charge is 2.83. The molecule has 0 aromatic rings. The number of hydrogen-bond acceptors (Lipinski definition) is 6. The van der Waals surface area contributed by atoms with Crippen molar-refractivity contribution in [1.82, 2.24) is 0 Å². The Morgan fingerprint density at radius 1 is 1.32 bits per heavy atom. The molecule has 1 spiro atoms. The monoisotopic (exact) mass is 386 g/mol. The molecular weight excluding hydrogens is 360 g/mol. The first-order valence-electron chi connectivity index (χ1n) is 10.1.